The summed E-state index contributed by atoms with van der Waals surface area (Å²) in [5.74, 6) is -0.190. The molecular weight excluding hydrogens is 269 g/mol. The molecule has 3 aliphatic rings. The fourth-order valence-corrected chi connectivity index (χ4v) is 3.96. The van der Waals surface area contributed by atoms with Crippen molar-refractivity contribution in [3.63, 3.8) is 0 Å². The first-order valence-corrected chi connectivity index (χ1v) is 7.51. The lowest BCUT2D eigenvalue weighted by molar-refractivity contribution is -0.185. The first-order valence-electron chi connectivity index (χ1n) is 7.51. The highest BCUT2D eigenvalue weighted by Crippen LogP contribution is 2.40. The third kappa shape index (κ3) is 2.67. The Morgan fingerprint density at radius 1 is 1.00 bits per heavy atom. The number of carbonyl (C=O) groups excluding carboxylic acids is 1. The Labute approximate surface area is 116 Å². The maximum Gasteiger partial charge on any atom is 0.391 e. The van der Waals surface area contributed by atoms with Crippen molar-refractivity contribution >= 4 is 5.91 Å². The van der Waals surface area contributed by atoms with Gasteiger partial charge in [-0.2, -0.15) is 13.2 Å². The smallest absolute Gasteiger partial charge is 0.342 e. The minimum atomic E-state index is -4.09. The van der Waals surface area contributed by atoms with Gasteiger partial charge in [0.25, 0.3) is 0 Å². The van der Waals surface area contributed by atoms with E-state index in [1.807, 2.05) is 4.90 Å². The van der Waals surface area contributed by atoms with E-state index in [9.17, 15) is 18.0 Å². The molecule has 0 spiro atoms. The molecule has 2 saturated heterocycles. The van der Waals surface area contributed by atoms with Gasteiger partial charge in [-0.3, -0.25) is 4.79 Å². The molecule has 2 heterocycles. The summed E-state index contributed by atoms with van der Waals surface area (Å²) >= 11 is 0. The van der Waals surface area contributed by atoms with Crippen LogP contribution in [0, 0.1) is 23.7 Å². The van der Waals surface area contributed by atoms with E-state index >= 15 is 0 Å². The molecule has 1 amide bonds. The second-order valence-electron chi connectivity index (χ2n) is 6.51. The predicted molar refractivity (Wildman–Crippen MR) is 67.9 cm³/mol. The molecule has 0 aromatic heterocycles. The number of nitrogens with one attached hydrogen (secondary N) is 1. The standard InChI is InChI=1S/C14H21F3N2O/c15-14(16,17)12-3-1-9(2-4-12)13(20)19-7-10-5-18-6-11(10)8-19/h9-12,18H,1-8H2. The number of hydrogen-bond donors (Lipinski definition) is 1. The van der Waals surface area contributed by atoms with E-state index in [1.54, 1.807) is 0 Å². The largest absolute Gasteiger partial charge is 0.391 e. The number of hydrogen-bond acceptors (Lipinski definition) is 2. The second-order valence-corrected chi connectivity index (χ2v) is 6.51. The summed E-state index contributed by atoms with van der Waals surface area (Å²) in [7, 11) is 0. The molecule has 3 rings (SSSR count). The molecule has 0 radical (unpaired) electrons. The molecule has 0 aromatic rings. The van der Waals surface area contributed by atoms with Crippen LogP contribution in [0.3, 0.4) is 0 Å². The summed E-state index contributed by atoms with van der Waals surface area (Å²) in [5, 5.41) is 3.32. The molecule has 6 heteroatoms. The number of likely N-dealkylation sites (tertiary alicyclic amines) is 1. The summed E-state index contributed by atoms with van der Waals surface area (Å²) in [6.45, 7) is 3.51. The Bertz CT molecular complexity index is 365. The zero-order chi connectivity index (χ0) is 14.3. The van der Waals surface area contributed by atoms with Crippen LogP contribution in [0.2, 0.25) is 0 Å². The Balaban J connectivity index is 1.52. The van der Waals surface area contributed by atoms with Crippen molar-refractivity contribution in [2.45, 2.75) is 31.9 Å². The minimum Gasteiger partial charge on any atom is -0.342 e. The van der Waals surface area contributed by atoms with E-state index in [2.05, 4.69) is 5.32 Å². The van der Waals surface area contributed by atoms with Gasteiger partial charge in [0, 0.05) is 32.1 Å². The monoisotopic (exact) mass is 290 g/mol. The number of alkyl halides is 3. The highest BCUT2D eigenvalue weighted by atomic mass is 19.4. The van der Waals surface area contributed by atoms with E-state index < -0.39 is 12.1 Å². The summed E-state index contributed by atoms with van der Waals surface area (Å²) in [6.07, 6.45) is -3.07. The van der Waals surface area contributed by atoms with Gasteiger partial charge in [0.05, 0.1) is 5.92 Å². The molecule has 114 valence electrons. The van der Waals surface area contributed by atoms with Gasteiger partial charge in [-0.1, -0.05) is 0 Å². The highest BCUT2D eigenvalue weighted by Gasteiger charge is 2.44. The van der Waals surface area contributed by atoms with Crippen molar-refractivity contribution in [2.24, 2.45) is 23.7 Å². The van der Waals surface area contributed by atoms with Gasteiger partial charge in [0.2, 0.25) is 5.91 Å². The molecule has 2 aliphatic heterocycles. The van der Waals surface area contributed by atoms with Crippen molar-refractivity contribution in [1.29, 1.82) is 0 Å². The van der Waals surface area contributed by atoms with Crippen LogP contribution >= 0.6 is 0 Å². The van der Waals surface area contributed by atoms with Crippen molar-refractivity contribution in [2.75, 3.05) is 26.2 Å². The van der Waals surface area contributed by atoms with Crippen LogP contribution in [-0.4, -0.2) is 43.2 Å². The maximum absolute atomic E-state index is 12.6. The van der Waals surface area contributed by atoms with Gasteiger partial charge in [0.15, 0.2) is 0 Å². The van der Waals surface area contributed by atoms with Crippen LogP contribution in [0.1, 0.15) is 25.7 Å². The van der Waals surface area contributed by atoms with E-state index in [1.165, 1.54) is 0 Å². The zero-order valence-corrected chi connectivity index (χ0v) is 11.5. The molecule has 2 unspecified atom stereocenters. The minimum absolute atomic E-state index is 0.0972. The van der Waals surface area contributed by atoms with Crippen molar-refractivity contribution in [1.82, 2.24) is 10.2 Å². The Hall–Kier alpha value is -0.780. The maximum atomic E-state index is 12.6. The summed E-state index contributed by atoms with van der Waals surface area (Å²) in [5.41, 5.74) is 0. The number of rotatable bonds is 1. The van der Waals surface area contributed by atoms with Gasteiger partial charge in [-0.05, 0) is 37.5 Å². The summed E-state index contributed by atoms with van der Waals surface area (Å²) in [4.78, 5) is 14.3. The normalized spacial score (nSPS) is 38.0. The third-order valence-electron chi connectivity index (χ3n) is 5.24. The lowest BCUT2D eigenvalue weighted by Gasteiger charge is -2.31. The van der Waals surface area contributed by atoms with Gasteiger partial charge >= 0.3 is 6.18 Å². The first kappa shape index (κ1) is 14.2. The lowest BCUT2D eigenvalue weighted by atomic mass is 9.81. The van der Waals surface area contributed by atoms with Crippen molar-refractivity contribution in [3.05, 3.63) is 0 Å². The van der Waals surface area contributed by atoms with Gasteiger partial charge in [-0.25, -0.2) is 0 Å². The van der Waals surface area contributed by atoms with E-state index in [4.69, 9.17) is 0 Å². The quantitative estimate of drug-likeness (QED) is 0.801. The number of halogens is 3. The zero-order valence-electron chi connectivity index (χ0n) is 11.5. The first-order chi connectivity index (χ1) is 9.45. The molecule has 3 nitrogen and oxygen atoms in total. The van der Waals surface area contributed by atoms with Gasteiger partial charge < -0.3 is 10.2 Å². The fourth-order valence-electron chi connectivity index (χ4n) is 3.96. The molecule has 1 saturated carbocycles. The molecule has 3 fully saturated rings. The fraction of sp³-hybridized carbons (Fsp3) is 0.929. The molecule has 1 aliphatic carbocycles. The van der Waals surface area contributed by atoms with Crippen molar-refractivity contribution in [3.8, 4) is 0 Å². The van der Waals surface area contributed by atoms with Crippen LogP contribution in [0.5, 0.6) is 0 Å². The summed E-state index contributed by atoms with van der Waals surface area (Å²) < 4.78 is 37.9. The highest BCUT2D eigenvalue weighted by molar-refractivity contribution is 5.79. The van der Waals surface area contributed by atoms with Crippen molar-refractivity contribution < 1.29 is 18.0 Å². The van der Waals surface area contributed by atoms with Crippen LogP contribution in [0.25, 0.3) is 0 Å². The Morgan fingerprint density at radius 3 is 2.05 bits per heavy atom. The molecule has 0 aromatic carbocycles. The molecule has 1 N–H and O–H groups in total. The molecule has 2 atom stereocenters. The molecule has 20 heavy (non-hydrogen) atoms. The average molecular weight is 290 g/mol. The second kappa shape index (κ2) is 5.20. The predicted octanol–water partition coefficient (Wildman–Crippen LogP) is 2.03. The average Bonchev–Trinajstić information content (AvgIpc) is 2.97. The van der Waals surface area contributed by atoms with Crippen LogP contribution < -0.4 is 5.32 Å². The third-order valence-corrected chi connectivity index (χ3v) is 5.24. The van der Waals surface area contributed by atoms with Gasteiger partial charge in [0.1, 0.15) is 0 Å². The van der Waals surface area contributed by atoms with Crippen LogP contribution in [0.15, 0.2) is 0 Å². The number of carbonyl (C=O) groups is 1. The Morgan fingerprint density at radius 2 is 1.55 bits per heavy atom. The SMILES string of the molecule is O=C(C1CCC(C(F)(F)F)CC1)N1CC2CNCC2C1. The number of nitrogens with zero attached hydrogens (tertiary/aromatic N) is 1. The topological polar surface area (TPSA) is 32.3 Å². The molecule has 0 bridgehead atoms. The Kier molecular flexibility index (Phi) is 3.69. The van der Waals surface area contributed by atoms with E-state index in [0.29, 0.717) is 24.7 Å². The van der Waals surface area contributed by atoms with Crippen LogP contribution in [0.4, 0.5) is 13.2 Å². The van der Waals surface area contributed by atoms with Gasteiger partial charge in [-0.15, -0.1) is 0 Å². The number of fused-ring (bicyclic) bond motifs is 1. The van der Waals surface area contributed by atoms with E-state index in [-0.39, 0.29) is 24.7 Å². The lowest BCUT2D eigenvalue weighted by Crippen LogP contribution is -2.39. The molecular formula is C14H21F3N2O. The summed E-state index contributed by atoms with van der Waals surface area (Å²) in [6, 6.07) is 0. The van der Waals surface area contributed by atoms with E-state index in [0.717, 1.165) is 26.2 Å². The number of amides is 1. The van der Waals surface area contributed by atoms with Crippen LogP contribution in [-0.2, 0) is 4.79 Å².